The Morgan fingerprint density at radius 2 is 1.56 bits per heavy atom. The lowest BCUT2D eigenvalue weighted by molar-refractivity contribution is 0.371. The Morgan fingerprint density at radius 3 is 2.22 bits per heavy atom. The van der Waals surface area contributed by atoms with Crippen molar-refractivity contribution in [2.75, 3.05) is 0 Å². The molecule has 0 radical (unpaired) electrons. The Kier molecular flexibility index (Phi) is 4.72. The van der Waals surface area contributed by atoms with Gasteiger partial charge in [0.1, 0.15) is 0 Å². The van der Waals surface area contributed by atoms with Crippen LogP contribution in [0.2, 0.25) is 5.02 Å². The van der Waals surface area contributed by atoms with Crippen molar-refractivity contribution in [3.8, 4) is 0 Å². The van der Waals surface area contributed by atoms with E-state index in [-0.39, 0.29) is 4.90 Å². The smallest absolute Gasteiger partial charge is 0.200 e. The number of hydrogen-bond donors (Lipinski definition) is 0. The molecule has 0 aromatic heterocycles. The van der Waals surface area contributed by atoms with Gasteiger partial charge < -0.3 is 0 Å². The second-order valence-corrected chi connectivity index (χ2v) is 8.51. The lowest BCUT2D eigenvalue weighted by atomic mass is 9.99. The van der Waals surface area contributed by atoms with Crippen LogP contribution >= 0.6 is 11.6 Å². The number of hydrazone groups is 1. The molecule has 0 bridgehead atoms. The summed E-state index contributed by atoms with van der Waals surface area (Å²) >= 11 is 6.15. The molecule has 0 spiro atoms. The highest BCUT2D eigenvalue weighted by Gasteiger charge is 2.37. The van der Waals surface area contributed by atoms with E-state index in [9.17, 15) is 8.42 Å². The molecule has 0 fully saturated rings. The van der Waals surface area contributed by atoms with Crippen molar-refractivity contribution in [1.29, 1.82) is 0 Å². The molecule has 0 saturated carbocycles. The summed E-state index contributed by atoms with van der Waals surface area (Å²) in [5.74, 6) is 0. The lowest BCUT2D eigenvalue weighted by Crippen LogP contribution is -2.27. The fourth-order valence-corrected chi connectivity index (χ4v) is 4.83. The van der Waals surface area contributed by atoms with E-state index in [1.165, 1.54) is 4.41 Å². The predicted molar refractivity (Wildman–Crippen MR) is 107 cm³/mol. The first-order chi connectivity index (χ1) is 13.1. The zero-order valence-corrected chi connectivity index (χ0v) is 15.9. The predicted octanol–water partition coefficient (Wildman–Crippen LogP) is 4.88. The molecule has 27 heavy (non-hydrogen) atoms. The summed E-state index contributed by atoms with van der Waals surface area (Å²) in [6, 6.07) is 24.8. The van der Waals surface area contributed by atoms with E-state index in [0.717, 1.165) is 16.8 Å². The van der Waals surface area contributed by atoms with Gasteiger partial charge in [-0.25, -0.2) is 0 Å². The molecule has 136 valence electrons. The average Bonchev–Trinajstić information content (AvgIpc) is 3.16. The molecule has 1 aliphatic heterocycles. The molecular weight excluding hydrogens is 380 g/mol. The molecule has 4 rings (SSSR count). The van der Waals surface area contributed by atoms with Crippen LogP contribution in [-0.4, -0.2) is 18.5 Å². The summed E-state index contributed by atoms with van der Waals surface area (Å²) in [6.07, 6.45) is 0.483. The van der Waals surface area contributed by atoms with Crippen LogP contribution in [0.5, 0.6) is 0 Å². The van der Waals surface area contributed by atoms with Gasteiger partial charge in [-0.2, -0.15) is 17.9 Å². The Labute approximate surface area is 163 Å². The first kappa shape index (κ1) is 17.8. The largest absolute Gasteiger partial charge is 0.279 e. The molecule has 1 aliphatic rings. The zero-order chi connectivity index (χ0) is 18.9. The van der Waals surface area contributed by atoms with Gasteiger partial charge in [-0.15, -0.1) is 0 Å². The molecule has 4 nitrogen and oxygen atoms in total. The normalized spacial score (nSPS) is 17.0. The van der Waals surface area contributed by atoms with E-state index >= 15 is 0 Å². The first-order valence-electron chi connectivity index (χ1n) is 8.53. The molecule has 3 aromatic rings. The van der Waals surface area contributed by atoms with E-state index in [0.29, 0.717) is 11.4 Å². The number of benzene rings is 3. The lowest BCUT2D eigenvalue weighted by Gasteiger charge is -2.23. The van der Waals surface area contributed by atoms with Gasteiger partial charge in [0.25, 0.3) is 10.0 Å². The van der Waals surface area contributed by atoms with Crippen molar-refractivity contribution in [1.82, 2.24) is 4.41 Å². The van der Waals surface area contributed by atoms with E-state index in [1.54, 1.807) is 42.5 Å². The number of halogens is 1. The molecule has 6 heteroatoms. The summed E-state index contributed by atoms with van der Waals surface area (Å²) in [5.41, 5.74) is 2.46. The van der Waals surface area contributed by atoms with Crippen LogP contribution in [-0.2, 0) is 10.0 Å². The molecule has 0 saturated heterocycles. The number of rotatable bonds is 4. The van der Waals surface area contributed by atoms with E-state index in [2.05, 4.69) is 5.10 Å². The van der Waals surface area contributed by atoms with E-state index < -0.39 is 16.1 Å². The minimum Gasteiger partial charge on any atom is -0.200 e. The van der Waals surface area contributed by atoms with Crippen LogP contribution in [0, 0.1) is 0 Å². The van der Waals surface area contributed by atoms with Crippen LogP contribution in [0.1, 0.15) is 23.6 Å². The Bertz CT molecular complexity index is 1080. The Morgan fingerprint density at radius 1 is 0.889 bits per heavy atom. The number of sulfonamides is 1. The maximum Gasteiger partial charge on any atom is 0.279 e. The van der Waals surface area contributed by atoms with Crippen molar-refractivity contribution in [2.45, 2.75) is 17.4 Å². The van der Waals surface area contributed by atoms with Crippen LogP contribution in [0.25, 0.3) is 0 Å². The first-order valence-corrected chi connectivity index (χ1v) is 10.4. The molecule has 0 N–H and O–H groups in total. The molecule has 3 aromatic carbocycles. The highest BCUT2D eigenvalue weighted by atomic mass is 35.5. The highest BCUT2D eigenvalue weighted by Crippen LogP contribution is 2.37. The standard InChI is InChI=1S/C21H17ClN2O2S/c22-18-11-7-10-17(14-18)21-15-20(16-8-3-1-4-9-16)23-24(21)27(25,26)19-12-5-2-6-13-19/h1-14,21H,15H2/t21-/m0/s1. The molecule has 1 heterocycles. The van der Waals surface area contributed by atoms with Gasteiger partial charge >= 0.3 is 0 Å². The molecule has 0 aliphatic carbocycles. The van der Waals surface area contributed by atoms with Crippen molar-refractivity contribution >= 4 is 27.3 Å². The average molecular weight is 397 g/mol. The Hall–Kier alpha value is -2.63. The molecular formula is C21H17ClN2O2S. The monoisotopic (exact) mass is 396 g/mol. The summed E-state index contributed by atoms with van der Waals surface area (Å²) in [7, 11) is -3.79. The zero-order valence-electron chi connectivity index (χ0n) is 14.4. The summed E-state index contributed by atoms with van der Waals surface area (Å²) in [6.45, 7) is 0. The van der Waals surface area contributed by atoms with Crippen molar-refractivity contribution in [3.05, 3.63) is 101 Å². The minimum atomic E-state index is -3.79. The van der Waals surface area contributed by atoms with Crippen LogP contribution < -0.4 is 0 Å². The fraction of sp³-hybridized carbons (Fsp3) is 0.0952. The van der Waals surface area contributed by atoms with Crippen molar-refractivity contribution < 1.29 is 8.42 Å². The summed E-state index contributed by atoms with van der Waals surface area (Å²) in [4.78, 5) is 0.218. The third kappa shape index (κ3) is 3.48. The van der Waals surface area contributed by atoms with E-state index in [1.807, 2.05) is 42.5 Å². The SMILES string of the molecule is O=S(=O)(c1ccccc1)N1N=C(c2ccccc2)C[C@H]1c1cccc(Cl)c1. The van der Waals surface area contributed by atoms with Crippen LogP contribution in [0.15, 0.2) is 94.9 Å². The van der Waals surface area contributed by atoms with Gasteiger partial charge in [0.2, 0.25) is 0 Å². The van der Waals surface area contributed by atoms with Gasteiger partial charge in [0.05, 0.1) is 16.6 Å². The van der Waals surface area contributed by atoms with Gasteiger partial charge in [-0.3, -0.25) is 0 Å². The maximum absolute atomic E-state index is 13.3. The van der Waals surface area contributed by atoms with Crippen LogP contribution in [0.4, 0.5) is 0 Å². The van der Waals surface area contributed by atoms with Crippen molar-refractivity contribution in [2.24, 2.45) is 5.10 Å². The van der Waals surface area contributed by atoms with E-state index in [4.69, 9.17) is 11.6 Å². The maximum atomic E-state index is 13.3. The van der Waals surface area contributed by atoms with Crippen LogP contribution in [0.3, 0.4) is 0 Å². The third-order valence-corrected chi connectivity index (χ3v) is 6.43. The topological polar surface area (TPSA) is 49.7 Å². The number of hydrogen-bond acceptors (Lipinski definition) is 3. The van der Waals surface area contributed by atoms with Gasteiger partial charge in [0, 0.05) is 11.4 Å². The van der Waals surface area contributed by atoms with Gasteiger partial charge in [0.15, 0.2) is 0 Å². The minimum absolute atomic E-state index is 0.218. The quantitative estimate of drug-likeness (QED) is 0.631. The fourth-order valence-electron chi connectivity index (χ4n) is 3.18. The second kappa shape index (κ2) is 7.18. The van der Waals surface area contributed by atoms with Gasteiger partial charge in [-0.1, -0.05) is 72.3 Å². The molecule has 0 amide bonds. The summed E-state index contributed by atoms with van der Waals surface area (Å²) < 4.78 is 27.8. The third-order valence-electron chi connectivity index (χ3n) is 4.50. The van der Waals surface area contributed by atoms with Crippen molar-refractivity contribution in [3.63, 3.8) is 0 Å². The second-order valence-electron chi connectivity index (χ2n) is 6.28. The Balaban J connectivity index is 1.81. The summed E-state index contributed by atoms with van der Waals surface area (Å²) in [5, 5.41) is 5.08. The molecule has 0 unspecified atom stereocenters. The van der Waals surface area contributed by atoms with Gasteiger partial charge in [-0.05, 0) is 35.4 Å². The number of nitrogens with zero attached hydrogens (tertiary/aromatic N) is 2. The molecule has 1 atom stereocenters. The highest BCUT2D eigenvalue weighted by molar-refractivity contribution is 7.89.